The summed E-state index contributed by atoms with van der Waals surface area (Å²) in [4.78, 5) is 3.21. The lowest BCUT2D eigenvalue weighted by Gasteiger charge is -2.43. The molecule has 0 bridgehead atoms. The van der Waals surface area contributed by atoms with Crippen LogP contribution < -0.4 is 25.9 Å². The Hall–Kier alpha value is -4.46. The molecule has 2 nitrogen and oxygen atoms in total. The van der Waals surface area contributed by atoms with E-state index in [1.807, 2.05) is 12.1 Å². The molecule has 0 fully saturated rings. The van der Waals surface area contributed by atoms with E-state index in [9.17, 15) is 8.78 Å². The molecule has 1 aliphatic heterocycles. The largest absolute Gasteiger partial charge is 0.335 e. The number of halogens is 2. The van der Waals surface area contributed by atoms with Crippen molar-refractivity contribution in [2.45, 2.75) is 58.3 Å². The minimum Gasteiger partial charge on any atom is -0.335 e. The third-order valence-corrected chi connectivity index (χ3v) is 12.0. The first kappa shape index (κ1) is 36.3. The van der Waals surface area contributed by atoms with E-state index < -0.39 is 6.15 Å². The molecule has 0 saturated carbocycles. The lowest BCUT2D eigenvalue weighted by molar-refractivity contribution is -0.665. The first-order chi connectivity index (χ1) is 24.9. The molecule has 0 saturated heterocycles. The summed E-state index contributed by atoms with van der Waals surface area (Å²) in [6.45, 7) is 10.0. The summed E-state index contributed by atoms with van der Waals surface area (Å²) in [5.74, 6) is -0.430. The molecule has 0 unspecified atom stereocenters. The normalized spacial score (nSPS) is 13.7. The highest BCUT2D eigenvalue weighted by Gasteiger charge is 2.29. The molecule has 0 spiro atoms. The molecule has 2 heterocycles. The Labute approximate surface area is 310 Å². The number of aromatic nitrogens is 1. The van der Waals surface area contributed by atoms with Gasteiger partial charge in [0.2, 0.25) is 5.52 Å². The fourth-order valence-electron chi connectivity index (χ4n) is 7.38. The van der Waals surface area contributed by atoms with E-state index >= 15 is 0 Å². The van der Waals surface area contributed by atoms with Crippen LogP contribution in [0.5, 0.6) is 0 Å². The molecule has 5 aromatic carbocycles. The minimum atomic E-state index is -0.913. The number of aryl methyl sites for hydroxylation is 1. The van der Waals surface area contributed by atoms with Crippen molar-refractivity contribution in [1.29, 1.82) is 0 Å². The third-order valence-electron chi connectivity index (χ3n) is 9.82. The molecule has 0 aliphatic carbocycles. The predicted octanol–water partition coefficient (Wildman–Crippen LogP) is 10.3. The van der Waals surface area contributed by atoms with Crippen LogP contribution in [0.2, 0.25) is 6.32 Å². The van der Waals surface area contributed by atoms with Gasteiger partial charge in [0.05, 0.1) is 16.9 Å². The molecular weight excluding hydrogens is 669 g/mol. The maximum atomic E-state index is 13.7. The van der Waals surface area contributed by atoms with Gasteiger partial charge in [0.15, 0.2) is 0 Å². The molecule has 0 N–H and O–H groups in total. The Morgan fingerprint density at radius 1 is 0.745 bits per heavy atom. The van der Waals surface area contributed by atoms with E-state index in [2.05, 4.69) is 140 Å². The minimum absolute atomic E-state index is 0.215. The van der Waals surface area contributed by atoms with Crippen LogP contribution in [-0.2, 0) is 6.54 Å². The van der Waals surface area contributed by atoms with Crippen LogP contribution in [-0.4, -0.2) is 12.7 Å². The molecule has 0 amide bonds. The number of unbranched alkanes of at least 4 members (excludes halogenated alkanes) is 1. The summed E-state index contributed by atoms with van der Waals surface area (Å²) in [6.07, 6.45) is 7.00. The molecule has 7 heteroatoms. The first-order valence-electron chi connectivity index (χ1n) is 18.0. The van der Waals surface area contributed by atoms with Crippen LogP contribution in [0.15, 0.2) is 149 Å². The number of anilines is 1. The standard InChI is InChI=1S/C22H24B.C22H21F2N2S2/c1-2-3-19-23(20-13-7-4-8-14-20,21-15-9-5-10-16-21)22-17-11-6-12-18-22;1-4-25-17-12-15(23)6-8-19(17)27-21(25)10-14(3)11-22-26(5-2)18-13-16(24)7-9-20(18)28-22/h4-18H,2-3,19H2,1H3;6-13H,4-5H2,1-3H3/q-1;+1. The number of hydrogen-bond acceptors (Lipinski definition) is 3. The highest BCUT2D eigenvalue weighted by atomic mass is 32.2. The van der Waals surface area contributed by atoms with Gasteiger partial charge in [-0.3, -0.25) is 0 Å². The number of hydrogen-bond donors (Lipinski definition) is 0. The maximum Gasteiger partial charge on any atom is 0.262 e. The van der Waals surface area contributed by atoms with Crippen molar-refractivity contribution in [2.24, 2.45) is 0 Å². The second kappa shape index (κ2) is 16.7. The number of benzene rings is 5. The van der Waals surface area contributed by atoms with Gasteiger partial charge < -0.3 is 4.90 Å². The summed E-state index contributed by atoms with van der Waals surface area (Å²) >= 11 is 3.32. The van der Waals surface area contributed by atoms with Crippen LogP contribution in [0.3, 0.4) is 0 Å². The van der Waals surface area contributed by atoms with E-state index in [0.29, 0.717) is 0 Å². The quantitative estimate of drug-likeness (QED) is 0.103. The van der Waals surface area contributed by atoms with Crippen molar-refractivity contribution in [3.8, 4) is 0 Å². The fraction of sp³-hybridized carbons (Fsp3) is 0.205. The Bertz CT molecular complexity index is 2030. The molecule has 1 aliphatic rings. The van der Waals surface area contributed by atoms with Crippen molar-refractivity contribution in [1.82, 2.24) is 0 Å². The molecule has 7 rings (SSSR count). The fourth-order valence-corrected chi connectivity index (χ4v) is 9.81. The highest BCUT2D eigenvalue weighted by molar-refractivity contribution is 8.03. The predicted molar refractivity (Wildman–Crippen MR) is 218 cm³/mol. The topological polar surface area (TPSA) is 7.12 Å². The van der Waals surface area contributed by atoms with Gasteiger partial charge in [-0.05, 0) is 62.8 Å². The number of rotatable bonds is 10. The van der Waals surface area contributed by atoms with Crippen LogP contribution in [0.1, 0.15) is 45.5 Å². The first-order valence-corrected chi connectivity index (χ1v) is 19.6. The summed E-state index contributed by atoms with van der Waals surface area (Å²) in [7, 11) is 0. The monoisotopic (exact) mass is 714 g/mol. The van der Waals surface area contributed by atoms with Gasteiger partial charge in [0.25, 0.3) is 5.01 Å². The van der Waals surface area contributed by atoms with Crippen LogP contribution in [0.25, 0.3) is 16.3 Å². The summed E-state index contributed by atoms with van der Waals surface area (Å²) in [5, 5.41) is 2.18. The van der Waals surface area contributed by atoms with Gasteiger partial charge >= 0.3 is 0 Å². The average Bonchev–Trinajstić information content (AvgIpc) is 3.68. The maximum absolute atomic E-state index is 13.7. The van der Waals surface area contributed by atoms with E-state index in [1.54, 1.807) is 35.2 Å². The lowest BCUT2D eigenvalue weighted by atomic mass is 9.14. The van der Waals surface area contributed by atoms with Gasteiger partial charge in [-0.1, -0.05) is 134 Å². The highest BCUT2D eigenvalue weighted by Crippen LogP contribution is 2.46. The second-order valence-electron chi connectivity index (χ2n) is 13.0. The zero-order valence-corrected chi connectivity index (χ0v) is 31.5. The summed E-state index contributed by atoms with van der Waals surface area (Å²) in [5.41, 5.74) is 7.28. The zero-order chi connectivity index (χ0) is 35.8. The lowest BCUT2D eigenvalue weighted by Crippen LogP contribution is -2.66. The van der Waals surface area contributed by atoms with E-state index in [4.69, 9.17) is 0 Å². The van der Waals surface area contributed by atoms with E-state index in [1.165, 1.54) is 47.7 Å². The Kier molecular flexibility index (Phi) is 11.9. The SMILES string of the molecule is CCCC[B-](c1ccccc1)(c1ccccc1)c1ccccc1.CCN1/C(=C/C(C)=C/c2sc3ccc(F)cc3[n+]2CC)Sc2ccc(F)cc21. The van der Waals surface area contributed by atoms with Crippen molar-refractivity contribution in [3.05, 3.63) is 161 Å². The number of fused-ring (bicyclic) bond motifs is 2. The number of thiazole rings is 1. The Morgan fingerprint density at radius 2 is 1.31 bits per heavy atom. The smallest absolute Gasteiger partial charge is 0.262 e. The Morgan fingerprint density at radius 3 is 1.86 bits per heavy atom. The number of thioether (sulfide) groups is 1. The van der Waals surface area contributed by atoms with E-state index in [0.717, 1.165) is 49.5 Å². The molecule has 0 atom stereocenters. The van der Waals surface area contributed by atoms with Crippen LogP contribution in [0.4, 0.5) is 14.5 Å². The van der Waals surface area contributed by atoms with Gasteiger partial charge in [0.1, 0.15) is 22.9 Å². The number of nitrogens with zero attached hydrogens (tertiary/aromatic N) is 2. The van der Waals surface area contributed by atoms with Crippen molar-refractivity contribution in [3.63, 3.8) is 0 Å². The number of allylic oxidation sites excluding steroid dienone is 2. The van der Waals surface area contributed by atoms with Gasteiger partial charge in [-0.2, -0.15) is 27.3 Å². The molecule has 51 heavy (non-hydrogen) atoms. The average molecular weight is 715 g/mol. The molecule has 6 aromatic rings. The van der Waals surface area contributed by atoms with E-state index in [-0.39, 0.29) is 11.6 Å². The van der Waals surface area contributed by atoms with Gasteiger partial charge in [0, 0.05) is 23.6 Å². The Balaban J connectivity index is 0.000000179. The molecular formula is C44H45BF2N2S2. The second-order valence-corrected chi connectivity index (χ2v) is 15.2. The van der Waals surface area contributed by atoms with Crippen molar-refractivity contribution >= 4 is 67.6 Å². The van der Waals surface area contributed by atoms with Crippen LogP contribution >= 0.6 is 23.1 Å². The molecule has 0 radical (unpaired) electrons. The molecule has 260 valence electrons. The van der Waals surface area contributed by atoms with Gasteiger partial charge in [-0.15, -0.1) is 0 Å². The van der Waals surface area contributed by atoms with Crippen LogP contribution in [0, 0.1) is 11.6 Å². The zero-order valence-electron chi connectivity index (χ0n) is 29.9. The summed E-state index contributed by atoms with van der Waals surface area (Å²) in [6, 6.07) is 43.0. The molecule has 1 aromatic heterocycles. The summed E-state index contributed by atoms with van der Waals surface area (Å²) < 4.78 is 30.5. The third kappa shape index (κ3) is 7.90. The van der Waals surface area contributed by atoms with Crippen molar-refractivity contribution in [2.75, 3.05) is 11.4 Å². The van der Waals surface area contributed by atoms with Gasteiger partial charge in [-0.25, -0.2) is 8.78 Å². The van der Waals surface area contributed by atoms with Crippen molar-refractivity contribution < 1.29 is 13.3 Å².